The van der Waals surface area contributed by atoms with Gasteiger partial charge in [0, 0.05) is 12.1 Å². The smallest absolute Gasteiger partial charge is 0.262 e. The molecule has 144 valence electrons. The van der Waals surface area contributed by atoms with Crippen LogP contribution < -0.4 is 24.5 Å². The number of ether oxygens (including phenoxy) is 4. The first-order valence-corrected chi connectivity index (χ1v) is 9.41. The standard InChI is InChI=1S/C22H21NO5/c1-4-13-14-5-6-16(25-2)21(26-3)19(14)22(24)23-8-7-12-9-17-18(28-11-27-17)10-15(12)20(13)23/h5-6,9-10H,4,7-8,11H2,1-3H3. The second-order valence-electron chi connectivity index (χ2n) is 6.97. The fourth-order valence-electron chi connectivity index (χ4n) is 4.44. The van der Waals surface area contributed by atoms with Gasteiger partial charge in [-0.2, -0.15) is 0 Å². The van der Waals surface area contributed by atoms with Crippen LogP contribution in [0.4, 0.5) is 0 Å². The highest BCUT2D eigenvalue weighted by molar-refractivity contribution is 5.96. The maximum atomic E-state index is 13.5. The molecule has 2 aromatic carbocycles. The van der Waals surface area contributed by atoms with Gasteiger partial charge in [0.05, 0.1) is 25.3 Å². The zero-order chi connectivity index (χ0) is 19.4. The maximum Gasteiger partial charge on any atom is 0.262 e. The molecule has 0 aliphatic carbocycles. The van der Waals surface area contributed by atoms with Crippen molar-refractivity contribution >= 4 is 10.8 Å². The average molecular weight is 379 g/mol. The lowest BCUT2D eigenvalue weighted by atomic mass is 9.90. The third-order valence-corrected chi connectivity index (χ3v) is 5.70. The molecule has 0 spiro atoms. The van der Waals surface area contributed by atoms with Crippen LogP contribution in [0.15, 0.2) is 29.1 Å². The summed E-state index contributed by atoms with van der Waals surface area (Å²) >= 11 is 0. The Morgan fingerprint density at radius 2 is 1.89 bits per heavy atom. The molecule has 6 heteroatoms. The second-order valence-corrected chi connectivity index (χ2v) is 6.97. The zero-order valence-electron chi connectivity index (χ0n) is 16.1. The van der Waals surface area contributed by atoms with Gasteiger partial charge in [-0.1, -0.05) is 6.92 Å². The summed E-state index contributed by atoms with van der Waals surface area (Å²) in [5, 5.41) is 1.48. The summed E-state index contributed by atoms with van der Waals surface area (Å²) < 4.78 is 24.0. The summed E-state index contributed by atoms with van der Waals surface area (Å²) in [6, 6.07) is 7.87. The Kier molecular flexibility index (Phi) is 3.75. The summed E-state index contributed by atoms with van der Waals surface area (Å²) in [6.07, 6.45) is 1.55. The predicted octanol–water partition coefficient (Wildman–Crippen LogP) is 3.53. The molecule has 2 aliphatic heterocycles. The van der Waals surface area contributed by atoms with Gasteiger partial charge in [0.2, 0.25) is 6.79 Å². The van der Waals surface area contributed by atoms with Gasteiger partial charge in [-0.15, -0.1) is 0 Å². The van der Waals surface area contributed by atoms with Crippen molar-refractivity contribution in [1.29, 1.82) is 0 Å². The Morgan fingerprint density at radius 1 is 1.11 bits per heavy atom. The van der Waals surface area contributed by atoms with Crippen molar-refractivity contribution in [3.05, 3.63) is 45.7 Å². The molecule has 1 aromatic heterocycles. The highest BCUT2D eigenvalue weighted by atomic mass is 16.7. The number of fused-ring (bicyclic) bond motifs is 5. The highest BCUT2D eigenvalue weighted by Gasteiger charge is 2.28. The highest BCUT2D eigenvalue weighted by Crippen LogP contribution is 2.44. The molecule has 6 nitrogen and oxygen atoms in total. The molecule has 0 fully saturated rings. The van der Waals surface area contributed by atoms with Crippen LogP contribution in [0, 0.1) is 0 Å². The Bertz CT molecular complexity index is 1180. The molecule has 3 heterocycles. The van der Waals surface area contributed by atoms with E-state index in [2.05, 4.69) is 6.92 Å². The van der Waals surface area contributed by atoms with Gasteiger partial charge >= 0.3 is 0 Å². The van der Waals surface area contributed by atoms with E-state index in [0.717, 1.165) is 46.5 Å². The normalized spacial score (nSPS) is 14.0. The number of hydrogen-bond donors (Lipinski definition) is 0. The molecular weight excluding hydrogens is 358 g/mol. The fourth-order valence-corrected chi connectivity index (χ4v) is 4.44. The van der Waals surface area contributed by atoms with Crippen LogP contribution >= 0.6 is 0 Å². The van der Waals surface area contributed by atoms with Crippen molar-refractivity contribution in [3.8, 4) is 34.3 Å². The van der Waals surface area contributed by atoms with E-state index in [-0.39, 0.29) is 12.4 Å². The van der Waals surface area contributed by atoms with Crippen molar-refractivity contribution in [2.75, 3.05) is 21.0 Å². The lowest BCUT2D eigenvalue weighted by molar-refractivity contribution is 0.174. The average Bonchev–Trinajstić information content (AvgIpc) is 3.18. The summed E-state index contributed by atoms with van der Waals surface area (Å²) in [5.41, 5.74) is 4.25. The van der Waals surface area contributed by atoms with Crippen LogP contribution in [0.25, 0.3) is 22.0 Å². The van der Waals surface area contributed by atoms with Crippen LogP contribution in [0.3, 0.4) is 0 Å². The predicted molar refractivity (Wildman–Crippen MR) is 106 cm³/mol. The molecule has 0 N–H and O–H groups in total. The van der Waals surface area contributed by atoms with E-state index in [4.69, 9.17) is 18.9 Å². The molecule has 3 aromatic rings. The van der Waals surface area contributed by atoms with E-state index < -0.39 is 0 Å². The quantitative estimate of drug-likeness (QED) is 0.697. The Hall–Kier alpha value is -3.15. The van der Waals surface area contributed by atoms with E-state index in [1.165, 1.54) is 5.56 Å². The number of benzene rings is 2. The third-order valence-electron chi connectivity index (χ3n) is 5.70. The molecule has 5 rings (SSSR count). The van der Waals surface area contributed by atoms with E-state index in [9.17, 15) is 4.79 Å². The molecule has 0 saturated carbocycles. The van der Waals surface area contributed by atoms with Gasteiger partial charge in [-0.25, -0.2) is 0 Å². The largest absolute Gasteiger partial charge is 0.493 e. The summed E-state index contributed by atoms with van der Waals surface area (Å²) in [7, 11) is 3.15. The first-order chi connectivity index (χ1) is 13.7. The lowest BCUT2D eigenvalue weighted by Gasteiger charge is -2.26. The molecule has 0 unspecified atom stereocenters. The van der Waals surface area contributed by atoms with Gasteiger partial charge < -0.3 is 23.5 Å². The van der Waals surface area contributed by atoms with Crippen LogP contribution in [0.1, 0.15) is 18.1 Å². The first-order valence-electron chi connectivity index (χ1n) is 9.41. The van der Waals surface area contributed by atoms with Crippen LogP contribution in [-0.4, -0.2) is 25.6 Å². The second kappa shape index (κ2) is 6.19. The van der Waals surface area contributed by atoms with Crippen LogP contribution in [0.5, 0.6) is 23.0 Å². The molecule has 0 saturated heterocycles. The molecule has 2 aliphatic rings. The molecular formula is C22H21NO5. The minimum atomic E-state index is -0.0544. The number of hydrogen-bond acceptors (Lipinski definition) is 5. The minimum Gasteiger partial charge on any atom is -0.493 e. The number of pyridine rings is 1. The van der Waals surface area contributed by atoms with E-state index >= 15 is 0 Å². The van der Waals surface area contributed by atoms with Crippen molar-refractivity contribution in [2.45, 2.75) is 26.3 Å². The van der Waals surface area contributed by atoms with Crippen molar-refractivity contribution in [1.82, 2.24) is 4.57 Å². The van der Waals surface area contributed by atoms with Gasteiger partial charge in [0.1, 0.15) is 0 Å². The number of methoxy groups -OCH3 is 2. The first kappa shape index (κ1) is 17.0. The monoisotopic (exact) mass is 379 g/mol. The molecule has 0 bridgehead atoms. The maximum absolute atomic E-state index is 13.5. The van der Waals surface area contributed by atoms with Crippen molar-refractivity contribution < 1.29 is 18.9 Å². The molecule has 0 amide bonds. The lowest BCUT2D eigenvalue weighted by Crippen LogP contribution is -2.28. The molecule has 28 heavy (non-hydrogen) atoms. The number of aryl methyl sites for hydroxylation is 2. The Morgan fingerprint density at radius 3 is 2.61 bits per heavy atom. The molecule has 0 atom stereocenters. The van der Waals surface area contributed by atoms with Crippen LogP contribution in [0.2, 0.25) is 0 Å². The third kappa shape index (κ3) is 2.17. The minimum absolute atomic E-state index is 0.0544. The van der Waals surface area contributed by atoms with E-state index in [0.29, 0.717) is 23.4 Å². The van der Waals surface area contributed by atoms with Gasteiger partial charge in [-0.3, -0.25) is 4.79 Å². The SMILES string of the molecule is CCc1c2n(c(=O)c3c(OC)c(OC)ccc13)CCc1cc3c(cc1-2)OCO3. The summed E-state index contributed by atoms with van der Waals surface area (Å²) in [5.74, 6) is 2.56. The fraction of sp³-hybridized carbons (Fsp3) is 0.318. The summed E-state index contributed by atoms with van der Waals surface area (Å²) in [6.45, 7) is 2.96. The number of aromatic nitrogens is 1. The topological polar surface area (TPSA) is 58.9 Å². The van der Waals surface area contributed by atoms with Crippen molar-refractivity contribution in [2.24, 2.45) is 0 Å². The number of rotatable bonds is 3. The Labute approximate surface area is 162 Å². The van der Waals surface area contributed by atoms with Crippen LogP contribution in [-0.2, 0) is 19.4 Å². The van der Waals surface area contributed by atoms with E-state index in [1.54, 1.807) is 14.2 Å². The molecule has 0 radical (unpaired) electrons. The number of nitrogens with zero attached hydrogens (tertiary/aromatic N) is 1. The van der Waals surface area contributed by atoms with Gasteiger partial charge in [0.15, 0.2) is 23.0 Å². The zero-order valence-corrected chi connectivity index (χ0v) is 16.1. The summed E-state index contributed by atoms with van der Waals surface area (Å²) in [4.78, 5) is 13.5. The van der Waals surface area contributed by atoms with Crippen molar-refractivity contribution in [3.63, 3.8) is 0 Å². The Balaban J connectivity index is 1.90. The van der Waals surface area contributed by atoms with Gasteiger partial charge in [0.25, 0.3) is 5.56 Å². The van der Waals surface area contributed by atoms with E-state index in [1.807, 2.05) is 28.8 Å². The van der Waals surface area contributed by atoms with Gasteiger partial charge in [-0.05, 0) is 53.6 Å².